The molecule has 2 aliphatic rings. The number of carbonyl (C=O) groups is 2. The van der Waals surface area contributed by atoms with Crippen LogP contribution in [0.15, 0.2) is 40.5 Å². The lowest BCUT2D eigenvalue weighted by atomic mass is 9.94. The monoisotopic (exact) mass is 336 g/mol. The molecule has 1 fully saturated rings. The van der Waals surface area contributed by atoms with Crippen LogP contribution in [0.3, 0.4) is 0 Å². The molecule has 7 heteroatoms. The lowest BCUT2D eigenvalue weighted by Gasteiger charge is -2.32. The molecule has 5 nitrogen and oxygen atoms in total. The normalized spacial score (nSPS) is 20.9. The minimum absolute atomic E-state index is 0.0717. The SMILES string of the molecule is COC(=O)C1=C(C)N=C2SCC(=O)N2[C@@H]1c1ccc(Cl)cc1. The first-order valence-corrected chi connectivity index (χ1v) is 7.97. The number of thioether (sulfide) groups is 1. The number of amides is 1. The number of esters is 1. The Labute approximate surface area is 137 Å². The summed E-state index contributed by atoms with van der Waals surface area (Å²) >= 11 is 7.31. The van der Waals surface area contributed by atoms with E-state index in [9.17, 15) is 9.59 Å². The first-order chi connectivity index (χ1) is 10.5. The van der Waals surface area contributed by atoms with Gasteiger partial charge in [-0.2, -0.15) is 0 Å². The second-order valence-electron chi connectivity index (χ2n) is 4.89. The van der Waals surface area contributed by atoms with Crippen molar-refractivity contribution in [1.29, 1.82) is 0 Å². The molecule has 2 heterocycles. The molecular formula is C15H13ClN2O3S. The molecule has 0 bridgehead atoms. The zero-order valence-electron chi connectivity index (χ0n) is 12.0. The highest BCUT2D eigenvalue weighted by molar-refractivity contribution is 8.15. The number of carbonyl (C=O) groups excluding carboxylic acids is 2. The third-order valence-corrected chi connectivity index (χ3v) is 4.76. The van der Waals surface area contributed by atoms with Gasteiger partial charge in [-0.15, -0.1) is 0 Å². The second-order valence-corrected chi connectivity index (χ2v) is 6.27. The number of ether oxygens (including phenoxy) is 1. The van der Waals surface area contributed by atoms with Gasteiger partial charge < -0.3 is 4.74 Å². The second kappa shape index (κ2) is 5.78. The van der Waals surface area contributed by atoms with Crippen molar-refractivity contribution in [3.05, 3.63) is 46.1 Å². The van der Waals surface area contributed by atoms with Gasteiger partial charge in [-0.3, -0.25) is 9.69 Å². The van der Waals surface area contributed by atoms with Crippen molar-refractivity contribution in [3.63, 3.8) is 0 Å². The van der Waals surface area contributed by atoms with Crippen LogP contribution in [-0.4, -0.2) is 34.8 Å². The predicted molar refractivity (Wildman–Crippen MR) is 85.6 cm³/mol. The fourth-order valence-electron chi connectivity index (χ4n) is 2.57. The Hall–Kier alpha value is -1.79. The fraction of sp³-hybridized carbons (Fsp3) is 0.267. The molecule has 0 aliphatic carbocycles. The van der Waals surface area contributed by atoms with Crippen molar-refractivity contribution < 1.29 is 14.3 Å². The summed E-state index contributed by atoms with van der Waals surface area (Å²) in [4.78, 5) is 30.4. The van der Waals surface area contributed by atoms with Crippen LogP contribution < -0.4 is 0 Å². The van der Waals surface area contributed by atoms with Crippen LogP contribution in [0.2, 0.25) is 5.02 Å². The van der Waals surface area contributed by atoms with Gasteiger partial charge in [0.25, 0.3) is 0 Å². The van der Waals surface area contributed by atoms with Gasteiger partial charge in [0.05, 0.1) is 30.2 Å². The third kappa shape index (κ3) is 2.42. The molecule has 114 valence electrons. The zero-order chi connectivity index (χ0) is 15.9. The Morgan fingerprint density at radius 2 is 2.09 bits per heavy atom. The number of halogens is 1. The van der Waals surface area contributed by atoms with Crippen molar-refractivity contribution in [2.24, 2.45) is 4.99 Å². The smallest absolute Gasteiger partial charge is 0.338 e. The Balaban J connectivity index is 2.16. The van der Waals surface area contributed by atoms with Crippen LogP contribution >= 0.6 is 23.4 Å². The Bertz CT molecular complexity index is 712. The van der Waals surface area contributed by atoms with Gasteiger partial charge in [-0.1, -0.05) is 35.5 Å². The van der Waals surface area contributed by atoms with E-state index < -0.39 is 12.0 Å². The summed E-state index contributed by atoms with van der Waals surface area (Å²) in [6.07, 6.45) is 0. The summed E-state index contributed by atoms with van der Waals surface area (Å²) in [6, 6.07) is 6.56. The van der Waals surface area contributed by atoms with E-state index in [0.29, 0.717) is 27.2 Å². The average molecular weight is 337 g/mol. The summed E-state index contributed by atoms with van der Waals surface area (Å²) in [5, 5.41) is 1.21. The van der Waals surface area contributed by atoms with Crippen molar-refractivity contribution in [2.75, 3.05) is 12.9 Å². The van der Waals surface area contributed by atoms with E-state index in [4.69, 9.17) is 16.3 Å². The molecule has 22 heavy (non-hydrogen) atoms. The first kappa shape index (κ1) is 15.1. The topological polar surface area (TPSA) is 59.0 Å². The van der Waals surface area contributed by atoms with Gasteiger partial charge in [0.1, 0.15) is 0 Å². The van der Waals surface area contributed by atoms with Gasteiger partial charge in [0.2, 0.25) is 5.91 Å². The Morgan fingerprint density at radius 3 is 2.73 bits per heavy atom. The molecule has 0 spiro atoms. The lowest BCUT2D eigenvalue weighted by Crippen LogP contribution is -2.39. The van der Waals surface area contributed by atoms with Crippen molar-refractivity contribution in [2.45, 2.75) is 13.0 Å². The maximum Gasteiger partial charge on any atom is 0.338 e. The summed E-state index contributed by atoms with van der Waals surface area (Å²) in [5.74, 6) is -0.229. The molecular weight excluding hydrogens is 324 g/mol. The minimum atomic E-state index is -0.528. The van der Waals surface area contributed by atoms with E-state index in [2.05, 4.69) is 4.99 Å². The number of benzene rings is 1. The third-order valence-electron chi connectivity index (χ3n) is 3.58. The number of hydrogen-bond acceptors (Lipinski definition) is 5. The summed E-state index contributed by atoms with van der Waals surface area (Å²) < 4.78 is 4.88. The molecule has 0 radical (unpaired) electrons. The number of nitrogens with zero attached hydrogens (tertiary/aromatic N) is 2. The van der Waals surface area contributed by atoms with Crippen LogP contribution in [0.25, 0.3) is 0 Å². The van der Waals surface area contributed by atoms with E-state index in [-0.39, 0.29) is 5.91 Å². The van der Waals surface area contributed by atoms with Gasteiger partial charge >= 0.3 is 5.97 Å². The maximum atomic E-state index is 12.2. The van der Waals surface area contributed by atoms with Crippen LogP contribution in [0.5, 0.6) is 0 Å². The van der Waals surface area contributed by atoms with E-state index in [1.165, 1.54) is 18.9 Å². The van der Waals surface area contributed by atoms with E-state index in [1.807, 2.05) is 12.1 Å². The maximum absolute atomic E-state index is 12.2. The Kier molecular flexibility index (Phi) is 3.97. The van der Waals surface area contributed by atoms with Crippen LogP contribution in [0.1, 0.15) is 18.5 Å². The molecule has 1 saturated heterocycles. The zero-order valence-corrected chi connectivity index (χ0v) is 13.6. The highest BCUT2D eigenvalue weighted by Crippen LogP contribution is 2.41. The highest BCUT2D eigenvalue weighted by atomic mass is 35.5. The molecule has 3 rings (SSSR count). The first-order valence-electron chi connectivity index (χ1n) is 6.61. The van der Waals surface area contributed by atoms with Crippen LogP contribution in [0, 0.1) is 0 Å². The van der Waals surface area contributed by atoms with Crippen molar-refractivity contribution in [1.82, 2.24) is 4.90 Å². The van der Waals surface area contributed by atoms with Crippen molar-refractivity contribution >= 4 is 40.4 Å². The van der Waals surface area contributed by atoms with Gasteiger partial charge in [-0.05, 0) is 24.6 Å². The number of allylic oxidation sites excluding steroid dienone is 1. The number of fused-ring (bicyclic) bond motifs is 1. The average Bonchev–Trinajstić information content (AvgIpc) is 2.87. The number of hydrogen-bond donors (Lipinski definition) is 0. The number of aliphatic imine (C=N–C) groups is 1. The summed E-state index contributed by atoms with van der Waals surface area (Å²) in [5.41, 5.74) is 1.75. The fourth-order valence-corrected chi connectivity index (χ4v) is 3.64. The van der Waals surface area contributed by atoms with Crippen LogP contribution in [-0.2, 0) is 14.3 Å². The number of amidine groups is 1. The highest BCUT2D eigenvalue weighted by Gasteiger charge is 2.43. The van der Waals surface area contributed by atoms with E-state index in [0.717, 1.165) is 5.56 Å². The molecule has 1 atom stereocenters. The lowest BCUT2D eigenvalue weighted by molar-refractivity contribution is -0.137. The molecule has 0 unspecified atom stereocenters. The molecule has 2 aliphatic heterocycles. The summed E-state index contributed by atoms with van der Waals surface area (Å²) in [7, 11) is 1.32. The molecule has 0 N–H and O–H groups in total. The number of rotatable bonds is 2. The van der Waals surface area contributed by atoms with Crippen molar-refractivity contribution in [3.8, 4) is 0 Å². The van der Waals surface area contributed by atoms with Crippen LogP contribution in [0.4, 0.5) is 0 Å². The quantitative estimate of drug-likeness (QED) is 0.779. The van der Waals surface area contributed by atoms with Gasteiger partial charge in [-0.25, -0.2) is 9.79 Å². The summed E-state index contributed by atoms with van der Waals surface area (Å²) in [6.45, 7) is 1.75. The largest absolute Gasteiger partial charge is 0.466 e. The van der Waals surface area contributed by atoms with Gasteiger partial charge in [0, 0.05) is 5.02 Å². The van der Waals surface area contributed by atoms with E-state index >= 15 is 0 Å². The molecule has 1 aromatic rings. The molecule has 1 aromatic carbocycles. The van der Waals surface area contributed by atoms with E-state index in [1.54, 1.807) is 24.0 Å². The van der Waals surface area contributed by atoms with Gasteiger partial charge in [0.15, 0.2) is 5.17 Å². The predicted octanol–water partition coefficient (Wildman–Crippen LogP) is 2.77. The standard InChI is InChI=1S/C15H13ClN2O3S/c1-8-12(14(20)21-2)13(9-3-5-10(16)6-4-9)18-11(19)7-22-15(18)17-8/h3-6,13H,7H2,1-2H3/t13-/m1/s1. The Morgan fingerprint density at radius 1 is 1.41 bits per heavy atom. The number of methoxy groups -OCH3 is 1. The molecule has 1 amide bonds. The minimum Gasteiger partial charge on any atom is -0.466 e. The molecule has 0 aromatic heterocycles. The molecule has 0 saturated carbocycles.